The van der Waals surface area contributed by atoms with Gasteiger partial charge >= 0.3 is 0 Å². The Bertz CT molecular complexity index is 724. The van der Waals surface area contributed by atoms with Gasteiger partial charge in [0.05, 0.1) is 11.4 Å². The van der Waals surface area contributed by atoms with Crippen LogP contribution in [-0.2, 0) is 0 Å². The van der Waals surface area contributed by atoms with E-state index in [4.69, 9.17) is 27.0 Å². The molecule has 4 N–H and O–H groups in total. The third-order valence-electron chi connectivity index (χ3n) is 2.72. The smallest absolute Gasteiger partial charge is 0.293 e. The summed E-state index contributed by atoms with van der Waals surface area (Å²) in [7, 11) is 0. The molecule has 0 bridgehead atoms. The SMILES string of the molecule is Cc1nc(C)c(C(=O)Nc2cc(Cl)ccc2/C(N)=N/O)o1. The fraction of sp³-hybridized carbons (Fsp3) is 0.154. The van der Waals surface area contributed by atoms with Gasteiger partial charge in [0.25, 0.3) is 5.91 Å². The largest absolute Gasteiger partial charge is 0.436 e. The summed E-state index contributed by atoms with van der Waals surface area (Å²) in [6, 6.07) is 4.59. The molecule has 2 rings (SSSR count). The number of aryl methyl sites for hydroxylation is 2. The van der Waals surface area contributed by atoms with Crippen LogP contribution in [0.15, 0.2) is 27.8 Å². The van der Waals surface area contributed by atoms with Crippen molar-refractivity contribution < 1.29 is 14.4 Å². The molecule has 21 heavy (non-hydrogen) atoms. The molecule has 7 nitrogen and oxygen atoms in total. The van der Waals surface area contributed by atoms with E-state index in [9.17, 15) is 4.79 Å². The average molecular weight is 309 g/mol. The summed E-state index contributed by atoms with van der Waals surface area (Å²) >= 11 is 5.90. The summed E-state index contributed by atoms with van der Waals surface area (Å²) in [6.45, 7) is 3.30. The molecule has 0 radical (unpaired) electrons. The molecule has 0 saturated heterocycles. The lowest BCUT2D eigenvalue weighted by Crippen LogP contribution is -2.19. The number of amides is 1. The molecule has 0 unspecified atom stereocenters. The summed E-state index contributed by atoms with van der Waals surface area (Å²) < 4.78 is 5.24. The van der Waals surface area contributed by atoms with Gasteiger partial charge in [0.15, 0.2) is 11.7 Å². The van der Waals surface area contributed by atoms with Crippen molar-refractivity contribution in [1.29, 1.82) is 0 Å². The Morgan fingerprint density at radius 3 is 2.76 bits per heavy atom. The van der Waals surface area contributed by atoms with Crippen molar-refractivity contribution in [3.05, 3.63) is 46.1 Å². The van der Waals surface area contributed by atoms with Crippen molar-refractivity contribution in [3.63, 3.8) is 0 Å². The van der Waals surface area contributed by atoms with Crippen LogP contribution in [0.5, 0.6) is 0 Å². The Hall–Kier alpha value is -2.54. The zero-order valence-corrected chi connectivity index (χ0v) is 12.1. The van der Waals surface area contributed by atoms with E-state index in [1.165, 1.54) is 12.1 Å². The lowest BCUT2D eigenvalue weighted by Gasteiger charge is -2.09. The number of halogens is 1. The first-order valence-electron chi connectivity index (χ1n) is 5.95. The van der Waals surface area contributed by atoms with Crippen LogP contribution >= 0.6 is 11.6 Å². The van der Waals surface area contributed by atoms with Gasteiger partial charge in [0.2, 0.25) is 5.76 Å². The van der Waals surface area contributed by atoms with E-state index in [0.717, 1.165) is 0 Å². The van der Waals surface area contributed by atoms with Crippen LogP contribution in [0.25, 0.3) is 0 Å². The summed E-state index contributed by atoms with van der Waals surface area (Å²) in [4.78, 5) is 16.2. The van der Waals surface area contributed by atoms with Gasteiger partial charge in [0, 0.05) is 17.5 Å². The maximum absolute atomic E-state index is 12.2. The molecule has 8 heteroatoms. The number of hydrogen-bond donors (Lipinski definition) is 3. The average Bonchev–Trinajstić information content (AvgIpc) is 2.77. The molecule has 2 aromatic rings. The Kier molecular flexibility index (Phi) is 4.13. The lowest BCUT2D eigenvalue weighted by atomic mass is 10.1. The number of nitrogens with zero attached hydrogens (tertiary/aromatic N) is 2. The first kappa shape index (κ1) is 14.9. The number of amidine groups is 1. The van der Waals surface area contributed by atoms with Crippen molar-refractivity contribution in [2.45, 2.75) is 13.8 Å². The van der Waals surface area contributed by atoms with Crippen molar-refractivity contribution in [2.24, 2.45) is 10.9 Å². The first-order valence-corrected chi connectivity index (χ1v) is 6.33. The topological polar surface area (TPSA) is 114 Å². The summed E-state index contributed by atoms with van der Waals surface area (Å²) in [5.41, 5.74) is 6.67. The Labute approximate surface area is 125 Å². The van der Waals surface area contributed by atoms with Gasteiger partial charge in [0.1, 0.15) is 0 Å². The normalized spacial score (nSPS) is 11.5. The molecule has 1 heterocycles. The van der Waals surface area contributed by atoms with E-state index in [1.54, 1.807) is 19.9 Å². The van der Waals surface area contributed by atoms with Gasteiger partial charge < -0.3 is 20.7 Å². The zero-order chi connectivity index (χ0) is 15.6. The van der Waals surface area contributed by atoms with Gasteiger partial charge in [-0.05, 0) is 25.1 Å². The molecular weight excluding hydrogens is 296 g/mol. The fourth-order valence-corrected chi connectivity index (χ4v) is 1.99. The second kappa shape index (κ2) is 5.84. The summed E-state index contributed by atoms with van der Waals surface area (Å²) in [5.74, 6) is -0.159. The number of carbonyl (C=O) groups is 1. The maximum Gasteiger partial charge on any atom is 0.293 e. The van der Waals surface area contributed by atoms with E-state index in [-0.39, 0.29) is 11.6 Å². The highest BCUT2D eigenvalue weighted by Crippen LogP contribution is 2.22. The molecule has 0 aliphatic rings. The number of hydrogen-bond acceptors (Lipinski definition) is 5. The van der Waals surface area contributed by atoms with Crippen LogP contribution in [0, 0.1) is 13.8 Å². The highest BCUT2D eigenvalue weighted by atomic mass is 35.5. The molecule has 1 aromatic heterocycles. The fourth-order valence-electron chi connectivity index (χ4n) is 1.82. The monoisotopic (exact) mass is 308 g/mol. The van der Waals surface area contributed by atoms with Crippen molar-refractivity contribution in [3.8, 4) is 0 Å². The van der Waals surface area contributed by atoms with Gasteiger partial charge in [-0.15, -0.1) is 0 Å². The number of aromatic nitrogens is 1. The molecule has 0 fully saturated rings. The lowest BCUT2D eigenvalue weighted by molar-refractivity contribution is 0.0994. The minimum absolute atomic E-state index is 0.0953. The predicted octanol–water partition coefficient (Wildman–Crippen LogP) is 2.29. The quantitative estimate of drug-likeness (QED) is 0.348. The Balaban J connectivity index is 2.37. The van der Waals surface area contributed by atoms with Crippen LogP contribution in [0.2, 0.25) is 5.02 Å². The van der Waals surface area contributed by atoms with E-state index >= 15 is 0 Å². The summed E-state index contributed by atoms with van der Waals surface area (Å²) in [5, 5.41) is 14.7. The number of rotatable bonds is 3. The standard InChI is InChI=1S/C13H13ClN4O3/c1-6-11(21-7(2)16-6)13(19)17-10-5-8(14)3-4-9(10)12(15)18-20/h3-5,20H,1-2H3,(H2,15,18)(H,17,19). The molecule has 1 aromatic carbocycles. The van der Waals surface area contributed by atoms with Gasteiger partial charge in [-0.25, -0.2) is 4.98 Å². The number of anilines is 1. The molecule has 0 saturated carbocycles. The van der Waals surface area contributed by atoms with Crippen LogP contribution in [-0.4, -0.2) is 21.9 Å². The molecule has 0 spiro atoms. The van der Waals surface area contributed by atoms with Crippen LogP contribution in [0.1, 0.15) is 27.7 Å². The van der Waals surface area contributed by atoms with Gasteiger partial charge in [-0.2, -0.15) is 0 Å². The highest BCUT2D eigenvalue weighted by Gasteiger charge is 2.18. The Morgan fingerprint density at radius 2 is 2.19 bits per heavy atom. The second-order valence-corrected chi connectivity index (χ2v) is 4.71. The minimum Gasteiger partial charge on any atom is -0.436 e. The minimum atomic E-state index is -0.498. The van der Waals surface area contributed by atoms with E-state index in [2.05, 4.69) is 15.5 Å². The maximum atomic E-state index is 12.2. The molecule has 110 valence electrons. The first-order chi connectivity index (χ1) is 9.92. The number of oxime groups is 1. The molecule has 0 aliphatic heterocycles. The van der Waals surface area contributed by atoms with Crippen molar-refractivity contribution in [1.82, 2.24) is 4.98 Å². The number of carbonyl (C=O) groups excluding carboxylic acids is 1. The third kappa shape index (κ3) is 3.14. The highest BCUT2D eigenvalue weighted by molar-refractivity contribution is 6.31. The van der Waals surface area contributed by atoms with Crippen molar-refractivity contribution >= 4 is 29.0 Å². The van der Waals surface area contributed by atoms with Crippen molar-refractivity contribution in [2.75, 3.05) is 5.32 Å². The zero-order valence-electron chi connectivity index (χ0n) is 11.3. The molecular formula is C13H13ClN4O3. The third-order valence-corrected chi connectivity index (χ3v) is 2.96. The predicted molar refractivity (Wildman–Crippen MR) is 77.9 cm³/mol. The number of benzene rings is 1. The van der Waals surface area contributed by atoms with Gasteiger partial charge in [-0.1, -0.05) is 16.8 Å². The van der Waals surface area contributed by atoms with E-state index in [1.807, 2.05) is 0 Å². The number of nitrogens with two attached hydrogens (primary N) is 1. The van der Waals surface area contributed by atoms with Crippen LogP contribution in [0.4, 0.5) is 5.69 Å². The van der Waals surface area contributed by atoms with E-state index < -0.39 is 5.91 Å². The Morgan fingerprint density at radius 1 is 1.48 bits per heavy atom. The molecule has 1 amide bonds. The van der Waals surface area contributed by atoms with Gasteiger partial charge in [-0.3, -0.25) is 4.79 Å². The van der Waals surface area contributed by atoms with Crippen LogP contribution in [0.3, 0.4) is 0 Å². The number of oxazole rings is 1. The molecule has 0 atom stereocenters. The summed E-state index contributed by atoms with van der Waals surface area (Å²) in [6.07, 6.45) is 0. The van der Waals surface area contributed by atoms with E-state index in [0.29, 0.717) is 27.9 Å². The molecule has 0 aliphatic carbocycles. The van der Waals surface area contributed by atoms with Crippen LogP contribution < -0.4 is 11.1 Å². The number of nitrogens with one attached hydrogen (secondary N) is 1. The second-order valence-electron chi connectivity index (χ2n) is 4.28.